The molecule has 0 saturated carbocycles. The number of anilines is 1. The van der Waals surface area contributed by atoms with Crippen molar-refractivity contribution in [1.82, 2.24) is 4.98 Å². The van der Waals surface area contributed by atoms with Crippen molar-refractivity contribution in [3.63, 3.8) is 0 Å². The Bertz CT molecular complexity index is 1160. The number of nitrogens with one attached hydrogen (secondary N) is 1. The summed E-state index contributed by atoms with van der Waals surface area (Å²) < 4.78 is 30.3. The Labute approximate surface area is 170 Å². The Morgan fingerprint density at radius 2 is 1.97 bits per heavy atom. The van der Waals surface area contributed by atoms with Crippen LogP contribution in [0.25, 0.3) is 0 Å². The number of benzene rings is 2. The van der Waals surface area contributed by atoms with Crippen LogP contribution in [0.4, 0.5) is 10.8 Å². The van der Waals surface area contributed by atoms with E-state index in [2.05, 4.69) is 10.3 Å². The van der Waals surface area contributed by atoms with Crippen molar-refractivity contribution in [1.29, 1.82) is 0 Å². The number of ether oxygens (including phenoxy) is 1. The fourth-order valence-electron chi connectivity index (χ4n) is 2.44. The van der Waals surface area contributed by atoms with Gasteiger partial charge in [0, 0.05) is 12.1 Å². The summed E-state index contributed by atoms with van der Waals surface area (Å²) in [5.41, 5.74) is 0.524. The van der Waals surface area contributed by atoms with Crippen LogP contribution in [0, 0.1) is 10.1 Å². The van der Waals surface area contributed by atoms with Gasteiger partial charge in [-0.2, -0.15) is 0 Å². The molecule has 0 aliphatic carbocycles. The number of methoxy groups -OCH3 is 1. The summed E-state index contributed by atoms with van der Waals surface area (Å²) >= 11 is 0.802. The van der Waals surface area contributed by atoms with Gasteiger partial charge in [0.05, 0.1) is 29.5 Å². The number of hydrogen-bond donors (Lipinski definition) is 1. The van der Waals surface area contributed by atoms with Gasteiger partial charge in [-0.25, -0.2) is 13.4 Å². The van der Waals surface area contributed by atoms with Crippen LogP contribution >= 0.6 is 11.3 Å². The first kappa shape index (κ1) is 20.4. The monoisotopic (exact) mass is 433 g/mol. The Morgan fingerprint density at radius 3 is 2.62 bits per heavy atom. The standard InChI is InChI=1S/C18H15N3O6S2/c1-27-14-4-2-3-12(9-14)10-16(22)20-18-19-11-17(28-18)29(25,26)15-7-5-13(6-8-15)21(23)24/h2-9,11H,10H2,1H3,(H,19,20,22). The number of carbonyl (C=O) groups excluding carboxylic acids is 1. The van der Waals surface area contributed by atoms with Crippen molar-refractivity contribution in [2.75, 3.05) is 12.4 Å². The first-order chi connectivity index (χ1) is 13.8. The van der Waals surface area contributed by atoms with Crippen LogP contribution in [0.3, 0.4) is 0 Å². The summed E-state index contributed by atoms with van der Waals surface area (Å²) in [7, 11) is -2.37. The molecule has 29 heavy (non-hydrogen) atoms. The van der Waals surface area contributed by atoms with E-state index in [0.29, 0.717) is 5.75 Å². The van der Waals surface area contributed by atoms with Gasteiger partial charge in [0.25, 0.3) is 5.69 Å². The van der Waals surface area contributed by atoms with E-state index in [1.54, 1.807) is 24.3 Å². The van der Waals surface area contributed by atoms with Crippen molar-refractivity contribution < 1.29 is 22.9 Å². The minimum atomic E-state index is -3.90. The lowest BCUT2D eigenvalue weighted by molar-refractivity contribution is -0.384. The number of aromatic nitrogens is 1. The summed E-state index contributed by atoms with van der Waals surface area (Å²) in [6, 6.07) is 11.6. The lowest BCUT2D eigenvalue weighted by Gasteiger charge is -2.04. The van der Waals surface area contributed by atoms with Crippen molar-refractivity contribution in [2.45, 2.75) is 15.5 Å². The minimum absolute atomic E-state index is 0.0707. The van der Waals surface area contributed by atoms with E-state index in [1.807, 2.05) is 0 Å². The molecule has 2 aromatic carbocycles. The second-order valence-electron chi connectivity index (χ2n) is 5.82. The van der Waals surface area contributed by atoms with Gasteiger partial charge < -0.3 is 10.1 Å². The fraction of sp³-hybridized carbons (Fsp3) is 0.111. The number of nitro groups is 1. The lowest BCUT2D eigenvalue weighted by atomic mass is 10.1. The number of nitrogens with zero attached hydrogens (tertiary/aromatic N) is 2. The minimum Gasteiger partial charge on any atom is -0.497 e. The van der Waals surface area contributed by atoms with E-state index in [-0.39, 0.29) is 32.3 Å². The topological polar surface area (TPSA) is 128 Å². The van der Waals surface area contributed by atoms with Gasteiger partial charge in [0.2, 0.25) is 15.7 Å². The summed E-state index contributed by atoms with van der Waals surface area (Å²) in [4.78, 5) is 26.2. The molecule has 0 saturated heterocycles. The molecule has 0 bridgehead atoms. The molecule has 0 atom stereocenters. The first-order valence-corrected chi connectivity index (χ1v) is 10.5. The average molecular weight is 433 g/mol. The van der Waals surface area contributed by atoms with Crippen LogP contribution in [0.15, 0.2) is 63.8 Å². The van der Waals surface area contributed by atoms with Crippen molar-refractivity contribution in [3.8, 4) is 5.75 Å². The zero-order valence-electron chi connectivity index (χ0n) is 15.1. The molecule has 150 valence electrons. The molecule has 3 rings (SSSR count). The highest BCUT2D eigenvalue weighted by atomic mass is 32.2. The SMILES string of the molecule is COc1cccc(CC(=O)Nc2ncc(S(=O)(=O)c3ccc([N+](=O)[O-])cc3)s2)c1. The van der Waals surface area contributed by atoms with Crippen molar-refractivity contribution in [3.05, 3.63) is 70.4 Å². The molecule has 1 amide bonds. The molecule has 0 unspecified atom stereocenters. The van der Waals surface area contributed by atoms with E-state index >= 15 is 0 Å². The third-order valence-electron chi connectivity index (χ3n) is 3.85. The number of nitro benzene ring substituents is 1. The summed E-state index contributed by atoms with van der Waals surface area (Å²) in [6.07, 6.45) is 1.21. The van der Waals surface area contributed by atoms with Gasteiger partial charge in [0.15, 0.2) is 5.13 Å². The van der Waals surface area contributed by atoms with Gasteiger partial charge in [0.1, 0.15) is 9.96 Å². The molecule has 9 nitrogen and oxygen atoms in total. The van der Waals surface area contributed by atoms with Crippen molar-refractivity contribution in [2.24, 2.45) is 0 Å². The highest BCUT2D eigenvalue weighted by Gasteiger charge is 2.22. The maximum atomic E-state index is 12.6. The normalized spacial score (nSPS) is 11.1. The molecular weight excluding hydrogens is 418 g/mol. The molecule has 0 spiro atoms. The molecule has 11 heteroatoms. The maximum Gasteiger partial charge on any atom is 0.269 e. The van der Waals surface area contributed by atoms with E-state index in [9.17, 15) is 23.3 Å². The third kappa shape index (κ3) is 4.76. The number of non-ortho nitro benzene ring substituents is 1. The van der Waals surface area contributed by atoms with Crippen LogP contribution in [0.1, 0.15) is 5.56 Å². The van der Waals surface area contributed by atoms with E-state index < -0.39 is 14.8 Å². The number of hydrogen-bond acceptors (Lipinski definition) is 8. The maximum absolute atomic E-state index is 12.6. The highest BCUT2D eigenvalue weighted by molar-refractivity contribution is 7.93. The molecule has 0 aliphatic heterocycles. The van der Waals surface area contributed by atoms with E-state index in [1.165, 1.54) is 7.11 Å². The van der Waals surface area contributed by atoms with Crippen LogP contribution < -0.4 is 10.1 Å². The molecule has 3 aromatic rings. The van der Waals surface area contributed by atoms with Gasteiger partial charge >= 0.3 is 0 Å². The molecule has 0 radical (unpaired) electrons. The van der Waals surface area contributed by atoms with Gasteiger partial charge in [-0.3, -0.25) is 14.9 Å². The van der Waals surface area contributed by atoms with Gasteiger partial charge in [-0.1, -0.05) is 23.5 Å². The number of rotatable bonds is 7. The summed E-state index contributed by atoms with van der Waals surface area (Å²) in [6.45, 7) is 0. The lowest BCUT2D eigenvalue weighted by Crippen LogP contribution is -2.14. The third-order valence-corrected chi connectivity index (χ3v) is 7.00. The second-order valence-corrected chi connectivity index (χ2v) is 9.02. The molecular formula is C18H15N3O6S2. The fourth-order valence-corrected chi connectivity index (χ4v) is 4.88. The van der Waals surface area contributed by atoms with Crippen LogP contribution in [0.5, 0.6) is 5.75 Å². The quantitative estimate of drug-likeness (QED) is 0.448. The molecule has 1 heterocycles. The van der Waals surface area contributed by atoms with Crippen LogP contribution in [0.2, 0.25) is 0 Å². The number of thiazole rings is 1. The first-order valence-electron chi connectivity index (χ1n) is 8.18. The predicted molar refractivity (Wildman–Crippen MR) is 106 cm³/mol. The Morgan fingerprint density at radius 1 is 1.24 bits per heavy atom. The number of sulfone groups is 1. The molecule has 0 aliphatic rings. The number of amides is 1. The van der Waals surface area contributed by atoms with E-state index in [0.717, 1.165) is 47.4 Å². The second kappa shape index (κ2) is 8.37. The average Bonchev–Trinajstić information content (AvgIpc) is 3.17. The Kier molecular flexibility index (Phi) is 5.89. The van der Waals surface area contributed by atoms with Crippen molar-refractivity contribution >= 4 is 37.9 Å². The summed E-state index contributed by atoms with van der Waals surface area (Å²) in [5, 5.41) is 13.4. The smallest absolute Gasteiger partial charge is 0.269 e. The van der Waals surface area contributed by atoms with Gasteiger partial charge in [-0.15, -0.1) is 0 Å². The molecule has 0 fully saturated rings. The molecule has 1 N–H and O–H groups in total. The number of carbonyl (C=O) groups is 1. The summed E-state index contributed by atoms with van der Waals surface area (Å²) in [5.74, 6) is 0.271. The Hall–Kier alpha value is -3.31. The largest absolute Gasteiger partial charge is 0.497 e. The predicted octanol–water partition coefficient (Wildman–Crippen LogP) is 3.07. The van der Waals surface area contributed by atoms with Crippen LogP contribution in [-0.4, -0.2) is 31.3 Å². The Balaban J connectivity index is 1.72. The molecule has 1 aromatic heterocycles. The highest BCUT2D eigenvalue weighted by Crippen LogP contribution is 2.29. The van der Waals surface area contributed by atoms with Gasteiger partial charge in [-0.05, 0) is 29.8 Å². The zero-order chi connectivity index (χ0) is 21.0. The van der Waals surface area contributed by atoms with Crippen LogP contribution in [-0.2, 0) is 21.1 Å². The zero-order valence-corrected chi connectivity index (χ0v) is 16.7. The van der Waals surface area contributed by atoms with E-state index in [4.69, 9.17) is 4.74 Å².